The first-order valence-corrected chi connectivity index (χ1v) is 7.09. The van der Waals surface area contributed by atoms with Crippen LogP contribution in [0.1, 0.15) is 38.3 Å². The van der Waals surface area contributed by atoms with Crippen LogP contribution in [-0.4, -0.2) is 25.0 Å². The van der Waals surface area contributed by atoms with Crippen molar-refractivity contribution in [1.82, 2.24) is 10.6 Å². The van der Waals surface area contributed by atoms with Gasteiger partial charge in [0.05, 0.1) is 0 Å². The molecule has 3 amide bonds. The van der Waals surface area contributed by atoms with Crippen molar-refractivity contribution in [2.45, 2.75) is 32.7 Å². The van der Waals surface area contributed by atoms with E-state index in [1.165, 1.54) is 0 Å². The summed E-state index contributed by atoms with van der Waals surface area (Å²) in [6.07, 6.45) is 1.93. The highest BCUT2D eigenvalue weighted by Crippen LogP contribution is 2.05. The van der Waals surface area contributed by atoms with E-state index < -0.39 is 6.03 Å². The van der Waals surface area contributed by atoms with Crippen molar-refractivity contribution in [2.24, 2.45) is 0 Å². The van der Waals surface area contributed by atoms with Gasteiger partial charge < -0.3 is 10.6 Å². The van der Waals surface area contributed by atoms with Crippen molar-refractivity contribution in [3.63, 3.8) is 0 Å². The molecule has 0 aromatic heterocycles. The van der Waals surface area contributed by atoms with E-state index in [-0.39, 0.29) is 18.5 Å². The Morgan fingerprint density at radius 3 is 2.60 bits per heavy atom. The second-order valence-corrected chi connectivity index (χ2v) is 4.80. The number of unbranched alkanes of at least 4 members (excludes halogenated alkanes) is 1. The fraction of sp³-hybridized carbons (Fsp3) is 0.467. The normalized spacial score (nSPS) is 11.7. The third kappa shape index (κ3) is 6.33. The number of hydrogen-bond acceptors (Lipinski definition) is 2. The molecule has 5 heteroatoms. The fourth-order valence-corrected chi connectivity index (χ4v) is 1.78. The Kier molecular flexibility index (Phi) is 7.35. The summed E-state index contributed by atoms with van der Waals surface area (Å²) in [7, 11) is 0. The smallest absolute Gasteiger partial charge is 0.321 e. The van der Waals surface area contributed by atoms with E-state index in [4.69, 9.17) is 0 Å². The number of quaternary nitrogens is 1. The van der Waals surface area contributed by atoms with Gasteiger partial charge in [0.1, 0.15) is 6.04 Å². The number of carbonyl (C=O) groups excluding carboxylic acids is 2. The van der Waals surface area contributed by atoms with Crippen LogP contribution >= 0.6 is 0 Å². The van der Waals surface area contributed by atoms with E-state index in [1.54, 1.807) is 0 Å². The van der Waals surface area contributed by atoms with Gasteiger partial charge in [0.2, 0.25) is 0 Å². The molecule has 20 heavy (non-hydrogen) atoms. The molecule has 1 aromatic rings. The summed E-state index contributed by atoms with van der Waals surface area (Å²) < 4.78 is 0. The van der Waals surface area contributed by atoms with E-state index >= 15 is 0 Å². The number of imide groups is 1. The molecule has 0 unspecified atom stereocenters. The van der Waals surface area contributed by atoms with Gasteiger partial charge in [-0.3, -0.25) is 10.1 Å². The lowest BCUT2D eigenvalue weighted by molar-refractivity contribution is -0.682. The minimum absolute atomic E-state index is 0.185. The number of nitrogens with one attached hydrogen (secondary N) is 2. The quantitative estimate of drug-likeness (QED) is 0.649. The van der Waals surface area contributed by atoms with Crippen LogP contribution in [0.4, 0.5) is 4.79 Å². The summed E-state index contributed by atoms with van der Waals surface area (Å²) in [5, 5.41) is 6.88. The number of rotatable bonds is 7. The SMILES string of the molecule is CCCCNC(=O)NC(=O)C[NH2+][C@H](C)c1ccccc1. The van der Waals surface area contributed by atoms with Gasteiger partial charge in [-0.05, 0) is 13.3 Å². The minimum atomic E-state index is -0.413. The van der Waals surface area contributed by atoms with Crippen LogP contribution in [0.25, 0.3) is 0 Å². The Bertz CT molecular complexity index is 420. The zero-order valence-electron chi connectivity index (χ0n) is 12.2. The molecular formula is C15H24N3O2+. The predicted octanol–water partition coefficient (Wildman–Crippen LogP) is 0.937. The number of hydrogen-bond donors (Lipinski definition) is 3. The van der Waals surface area contributed by atoms with Crippen LogP contribution in [0.15, 0.2) is 30.3 Å². The van der Waals surface area contributed by atoms with Gasteiger partial charge in [-0.1, -0.05) is 43.7 Å². The van der Waals surface area contributed by atoms with Gasteiger partial charge in [0, 0.05) is 12.1 Å². The number of carbonyl (C=O) groups is 2. The highest BCUT2D eigenvalue weighted by Gasteiger charge is 2.12. The maximum absolute atomic E-state index is 11.6. The van der Waals surface area contributed by atoms with E-state index in [2.05, 4.69) is 10.6 Å². The lowest BCUT2D eigenvalue weighted by atomic mass is 10.1. The topological polar surface area (TPSA) is 74.8 Å². The number of urea groups is 1. The van der Waals surface area contributed by atoms with Crippen molar-refractivity contribution in [3.05, 3.63) is 35.9 Å². The van der Waals surface area contributed by atoms with Crippen molar-refractivity contribution in [1.29, 1.82) is 0 Å². The molecule has 0 radical (unpaired) electrons. The lowest BCUT2D eigenvalue weighted by Gasteiger charge is -2.11. The molecule has 1 rings (SSSR count). The van der Waals surface area contributed by atoms with Crippen LogP contribution in [0.3, 0.4) is 0 Å². The molecule has 1 atom stereocenters. The average molecular weight is 278 g/mol. The Balaban J connectivity index is 2.24. The van der Waals surface area contributed by atoms with Gasteiger partial charge in [0.15, 0.2) is 6.54 Å². The molecule has 0 aliphatic rings. The maximum atomic E-state index is 11.6. The Hall–Kier alpha value is -1.88. The molecule has 110 valence electrons. The molecule has 0 saturated carbocycles. The standard InChI is InChI=1S/C15H23N3O2/c1-3-4-10-16-15(20)18-14(19)11-17-12(2)13-8-6-5-7-9-13/h5-9,12,17H,3-4,10-11H2,1-2H3,(H2,16,18,19,20)/p+1/t12-/m1/s1. The second kappa shape index (κ2) is 9.09. The first kappa shape index (κ1) is 16.2. The van der Waals surface area contributed by atoms with Gasteiger partial charge in [-0.2, -0.15) is 0 Å². The molecule has 0 spiro atoms. The fourth-order valence-electron chi connectivity index (χ4n) is 1.78. The molecule has 0 saturated heterocycles. The van der Waals surface area contributed by atoms with Crippen molar-refractivity contribution in [2.75, 3.05) is 13.1 Å². The van der Waals surface area contributed by atoms with E-state index in [9.17, 15) is 9.59 Å². The summed E-state index contributed by atoms with van der Waals surface area (Å²) in [5.41, 5.74) is 1.16. The number of amides is 3. The highest BCUT2D eigenvalue weighted by atomic mass is 16.2. The van der Waals surface area contributed by atoms with Crippen LogP contribution in [-0.2, 0) is 4.79 Å². The molecule has 1 aromatic carbocycles. The van der Waals surface area contributed by atoms with Crippen LogP contribution in [0.5, 0.6) is 0 Å². The van der Waals surface area contributed by atoms with Crippen molar-refractivity contribution in [3.8, 4) is 0 Å². The maximum Gasteiger partial charge on any atom is 0.321 e. The molecule has 0 heterocycles. The van der Waals surface area contributed by atoms with Crippen LogP contribution in [0, 0.1) is 0 Å². The summed E-state index contributed by atoms with van der Waals surface area (Å²) in [6, 6.07) is 9.73. The summed E-state index contributed by atoms with van der Waals surface area (Å²) >= 11 is 0. The molecule has 0 aliphatic carbocycles. The zero-order valence-corrected chi connectivity index (χ0v) is 12.2. The highest BCUT2D eigenvalue weighted by molar-refractivity contribution is 5.94. The van der Waals surface area contributed by atoms with Crippen LogP contribution < -0.4 is 16.0 Å². The Labute approximate surface area is 120 Å². The van der Waals surface area contributed by atoms with Gasteiger partial charge >= 0.3 is 6.03 Å². The molecule has 4 N–H and O–H groups in total. The molecular weight excluding hydrogens is 254 g/mol. The summed E-state index contributed by atoms with van der Waals surface area (Å²) in [4.78, 5) is 23.0. The molecule has 0 bridgehead atoms. The van der Waals surface area contributed by atoms with Gasteiger partial charge in [-0.15, -0.1) is 0 Å². The largest absolute Gasteiger partial charge is 0.338 e. The molecule has 0 fully saturated rings. The third-order valence-corrected chi connectivity index (χ3v) is 3.05. The van der Waals surface area contributed by atoms with E-state index in [0.29, 0.717) is 6.54 Å². The number of benzene rings is 1. The van der Waals surface area contributed by atoms with E-state index in [1.807, 2.05) is 49.5 Å². The van der Waals surface area contributed by atoms with E-state index in [0.717, 1.165) is 18.4 Å². The van der Waals surface area contributed by atoms with Gasteiger partial charge in [0.25, 0.3) is 5.91 Å². The van der Waals surface area contributed by atoms with Crippen molar-refractivity contribution < 1.29 is 14.9 Å². The Morgan fingerprint density at radius 1 is 1.25 bits per heavy atom. The zero-order chi connectivity index (χ0) is 14.8. The third-order valence-electron chi connectivity index (χ3n) is 3.05. The average Bonchev–Trinajstić information content (AvgIpc) is 2.46. The lowest BCUT2D eigenvalue weighted by Crippen LogP contribution is -2.87. The number of nitrogens with two attached hydrogens (primary N) is 1. The van der Waals surface area contributed by atoms with Crippen molar-refractivity contribution >= 4 is 11.9 Å². The molecule has 5 nitrogen and oxygen atoms in total. The first-order chi connectivity index (χ1) is 9.63. The monoisotopic (exact) mass is 278 g/mol. The summed E-state index contributed by atoms with van der Waals surface area (Å²) in [6.45, 7) is 4.91. The van der Waals surface area contributed by atoms with Gasteiger partial charge in [-0.25, -0.2) is 4.79 Å². The first-order valence-electron chi connectivity index (χ1n) is 7.09. The van der Waals surface area contributed by atoms with Crippen LogP contribution in [0.2, 0.25) is 0 Å². The predicted molar refractivity (Wildman–Crippen MR) is 78.1 cm³/mol. The molecule has 0 aliphatic heterocycles. The summed E-state index contributed by atoms with van der Waals surface area (Å²) in [5.74, 6) is -0.276. The minimum Gasteiger partial charge on any atom is -0.338 e. The second-order valence-electron chi connectivity index (χ2n) is 4.80. The Morgan fingerprint density at radius 2 is 1.95 bits per heavy atom.